The van der Waals surface area contributed by atoms with Gasteiger partial charge in [-0.3, -0.25) is 0 Å². The van der Waals surface area contributed by atoms with Gasteiger partial charge in [-0.2, -0.15) is 0 Å². The molecule has 0 spiro atoms. The number of carbonyl (C=O) groups is 1. The number of alkyl halides is 1. The van der Waals surface area contributed by atoms with E-state index in [4.69, 9.17) is 5.11 Å². The van der Waals surface area contributed by atoms with Crippen molar-refractivity contribution in [2.45, 2.75) is 25.4 Å². The van der Waals surface area contributed by atoms with Crippen LogP contribution >= 0.6 is 0 Å². The molecule has 1 atom stereocenters. The third kappa shape index (κ3) is 4.72. The molecule has 0 fully saturated rings. The van der Waals surface area contributed by atoms with Crippen molar-refractivity contribution in [3.8, 4) is 0 Å². The first-order valence-electron chi connectivity index (χ1n) is 3.55. The summed E-state index contributed by atoms with van der Waals surface area (Å²) in [5.41, 5.74) is 0. The number of hydrogen-bond acceptors (Lipinski definition) is 3. The van der Waals surface area contributed by atoms with Gasteiger partial charge in [0, 0.05) is 6.61 Å². The molecule has 0 amide bonds. The minimum Gasteiger partial charge on any atom is -0.467 e. The van der Waals surface area contributed by atoms with Crippen LogP contribution in [0, 0.1) is 0 Å². The monoisotopic (exact) mass is 164 g/mol. The third-order valence-electron chi connectivity index (χ3n) is 1.32. The summed E-state index contributed by atoms with van der Waals surface area (Å²) < 4.78 is 16.7. The molecule has 3 nitrogen and oxygen atoms in total. The summed E-state index contributed by atoms with van der Waals surface area (Å²) in [6, 6.07) is 0. The SMILES string of the molecule is COC(=O)C(F)CCCCO. The average molecular weight is 164 g/mol. The molecule has 0 aromatic carbocycles. The Balaban J connectivity index is 3.36. The van der Waals surface area contributed by atoms with Gasteiger partial charge in [0.25, 0.3) is 0 Å². The molecule has 0 aliphatic heterocycles. The molecule has 0 aromatic rings. The Morgan fingerprint density at radius 2 is 2.27 bits per heavy atom. The lowest BCUT2D eigenvalue weighted by atomic mass is 10.2. The van der Waals surface area contributed by atoms with Gasteiger partial charge in [0.15, 0.2) is 6.17 Å². The fraction of sp³-hybridized carbons (Fsp3) is 0.857. The second kappa shape index (κ2) is 6.09. The molecular weight excluding hydrogens is 151 g/mol. The van der Waals surface area contributed by atoms with Crippen molar-refractivity contribution in [1.29, 1.82) is 0 Å². The van der Waals surface area contributed by atoms with Crippen LogP contribution in [0.1, 0.15) is 19.3 Å². The first kappa shape index (κ1) is 10.4. The van der Waals surface area contributed by atoms with Gasteiger partial charge in [0.1, 0.15) is 0 Å². The highest BCUT2D eigenvalue weighted by Crippen LogP contribution is 2.05. The normalized spacial score (nSPS) is 12.6. The van der Waals surface area contributed by atoms with E-state index in [1.807, 2.05) is 0 Å². The lowest BCUT2D eigenvalue weighted by Gasteiger charge is -2.03. The van der Waals surface area contributed by atoms with E-state index in [9.17, 15) is 9.18 Å². The van der Waals surface area contributed by atoms with Crippen LogP contribution in [0.5, 0.6) is 0 Å². The lowest BCUT2D eigenvalue weighted by molar-refractivity contribution is -0.146. The number of ether oxygens (including phenoxy) is 1. The van der Waals surface area contributed by atoms with E-state index in [0.29, 0.717) is 12.8 Å². The standard InChI is InChI=1S/C7H13FO3/c1-11-7(10)6(8)4-2-3-5-9/h6,9H,2-5H2,1H3. The summed E-state index contributed by atoms with van der Waals surface area (Å²) >= 11 is 0. The van der Waals surface area contributed by atoms with E-state index in [0.717, 1.165) is 7.11 Å². The zero-order chi connectivity index (χ0) is 8.69. The van der Waals surface area contributed by atoms with Gasteiger partial charge in [0.05, 0.1) is 7.11 Å². The van der Waals surface area contributed by atoms with Crippen LogP contribution < -0.4 is 0 Å². The quantitative estimate of drug-likeness (QED) is 0.479. The number of aliphatic hydroxyl groups excluding tert-OH is 1. The van der Waals surface area contributed by atoms with Crippen molar-refractivity contribution >= 4 is 5.97 Å². The molecule has 0 bridgehead atoms. The number of halogens is 1. The fourth-order valence-corrected chi connectivity index (χ4v) is 0.681. The van der Waals surface area contributed by atoms with Gasteiger partial charge < -0.3 is 9.84 Å². The van der Waals surface area contributed by atoms with Crippen LogP contribution in [0.2, 0.25) is 0 Å². The van der Waals surface area contributed by atoms with Gasteiger partial charge in [-0.15, -0.1) is 0 Å². The zero-order valence-corrected chi connectivity index (χ0v) is 6.55. The van der Waals surface area contributed by atoms with Gasteiger partial charge >= 0.3 is 5.97 Å². The lowest BCUT2D eigenvalue weighted by Crippen LogP contribution is -2.16. The van der Waals surface area contributed by atoms with E-state index >= 15 is 0 Å². The number of esters is 1. The number of carbonyl (C=O) groups excluding carboxylic acids is 1. The van der Waals surface area contributed by atoms with Crippen molar-refractivity contribution in [2.24, 2.45) is 0 Å². The third-order valence-corrected chi connectivity index (χ3v) is 1.32. The molecule has 0 radical (unpaired) electrons. The maximum Gasteiger partial charge on any atom is 0.340 e. The Hall–Kier alpha value is -0.640. The Kier molecular flexibility index (Phi) is 5.74. The summed E-state index contributed by atoms with van der Waals surface area (Å²) in [6.45, 7) is 0.0356. The maximum atomic E-state index is 12.6. The van der Waals surface area contributed by atoms with E-state index in [-0.39, 0.29) is 13.0 Å². The molecule has 0 saturated heterocycles. The zero-order valence-electron chi connectivity index (χ0n) is 6.55. The minimum atomic E-state index is -1.54. The van der Waals surface area contributed by atoms with Gasteiger partial charge in [-0.1, -0.05) is 0 Å². The van der Waals surface area contributed by atoms with E-state index in [2.05, 4.69) is 4.74 Å². The fourth-order valence-electron chi connectivity index (χ4n) is 0.681. The summed E-state index contributed by atoms with van der Waals surface area (Å²) in [7, 11) is 1.15. The molecular formula is C7H13FO3. The molecule has 11 heavy (non-hydrogen) atoms. The molecule has 0 aliphatic rings. The molecule has 0 aromatic heterocycles. The highest BCUT2D eigenvalue weighted by atomic mass is 19.1. The predicted molar refractivity (Wildman–Crippen MR) is 37.8 cm³/mol. The predicted octanol–water partition coefficient (Wildman–Crippen LogP) is 0.660. The molecule has 1 unspecified atom stereocenters. The Morgan fingerprint density at radius 3 is 2.73 bits per heavy atom. The van der Waals surface area contributed by atoms with Crippen molar-refractivity contribution < 1.29 is 19.0 Å². The highest BCUT2D eigenvalue weighted by molar-refractivity contribution is 5.74. The van der Waals surface area contributed by atoms with Crippen molar-refractivity contribution in [3.63, 3.8) is 0 Å². The Bertz CT molecular complexity index is 116. The molecule has 0 aliphatic carbocycles. The van der Waals surface area contributed by atoms with Crippen molar-refractivity contribution in [3.05, 3.63) is 0 Å². The van der Waals surface area contributed by atoms with E-state index < -0.39 is 12.1 Å². The first-order valence-corrected chi connectivity index (χ1v) is 3.55. The summed E-state index contributed by atoms with van der Waals surface area (Å²) in [6.07, 6.45) is -0.372. The Labute approximate surface area is 65.2 Å². The molecule has 0 rings (SSSR count). The molecule has 4 heteroatoms. The summed E-state index contributed by atoms with van der Waals surface area (Å²) in [5.74, 6) is -0.831. The van der Waals surface area contributed by atoms with Crippen LogP contribution in [0.3, 0.4) is 0 Å². The largest absolute Gasteiger partial charge is 0.467 e. The Morgan fingerprint density at radius 1 is 1.64 bits per heavy atom. The van der Waals surface area contributed by atoms with E-state index in [1.165, 1.54) is 0 Å². The first-order chi connectivity index (χ1) is 5.22. The van der Waals surface area contributed by atoms with Crippen molar-refractivity contribution in [1.82, 2.24) is 0 Å². The number of aliphatic hydroxyl groups is 1. The van der Waals surface area contributed by atoms with Gasteiger partial charge in [-0.05, 0) is 19.3 Å². The van der Waals surface area contributed by atoms with Crippen LogP contribution in [-0.4, -0.2) is 31.0 Å². The molecule has 0 heterocycles. The van der Waals surface area contributed by atoms with Crippen LogP contribution in [0.15, 0.2) is 0 Å². The topological polar surface area (TPSA) is 46.5 Å². The molecule has 1 N–H and O–H groups in total. The minimum absolute atomic E-state index is 0.0356. The summed E-state index contributed by atoms with van der Waals surface area (Å²) in [4.78, 5) is 10.4. The average Bonchev–Trinajstić information content (AvgIpc) is 2.03. The van der Waals surface area contributed by atoms with Crippen molar-refractivity contribution in [2.75, 3.05) is 13.7 Å². The highest BCUT2D eigenvalue weighted by Gasteiger charge is 2.16. The van der Waals surface area contributed by atoms with Gasteiger partial charge in [0.2, 0.25) is 0 Å². The summed E-state index contributed by atoms with van der Waals surface area (Å²) in [5, 5.41) is 8.34. The smallest absolute Gasteiger partial charge is 0.340 e. The number of unbranched alkanes of at least 4 members (excludes halogenated alkanes) is 1. The maximum absolute atomic E-state index is 12.6. The van der Waals surface area contributed by atoms with E-state index in [1.54, 1.807) is 0 Å². The van der Waals surface area contributed by atoms with Crippen LogP contribution in [0.25, 0.3) is 0 Å². The number of rotatable bonds is 5. The second-order valence-corrected chi connectivity index (χ2v) is 2.21. The van der Waals surface area contributed by atoms with Crippen LogP contribution in [0.4, 0.5) is 4.39 Å². The number of methoxy groups -OCH3 is 1. The van der Waals surface area contributed by atoms with Crippen LogP contribution in [-0.2, 0) is 9.53 Å². The number of hydrogen-bond donors (Lipinski definition) is 1. The second-order valence-electron chi connectivity index (χ2n) is 2.21. The van der Waals surface area contributed by atoms with Gasteiger partial charge in [-0.25, -0.2) is 9.18 Å². The molecule has 66 valence electrons. The molecule has 0 saturated carbocycles.